The summed E-state index contributed by atoms with van der Waals surface area (Å²) in [7, 11) is 1.72. The van der Waals surface area contributed by atoms with E-state index in [0.29, 0.717) is 13.0 Å². The molecule has 1 heterocycles. The average Bonchev–Trinajstić information content (AvgIpc) is 2.46. The maximum absolute atomic E-state index is 12.2. The van der Waals surface area contributed by atoms with Crippen LogP contribution in [0.3, 0.4) is 0 Å². The standard InChI is InChI=1S/C16H26N2O4/c1-12-16(22)18(2)10-8-6-4-3-5-7-9-13(11-14(19)20)15(21)17-12/h3-4,12-13H,5-11H2,1-2H3,(H,17,21)(H,19,20)/t12-,13+/m0/s1. The fourth-order valence-corrected chi connectivity index (χ4v) is 2.53. The molecule has 0 aromatic heterocycles. The minimum absolute atomic E-state index is 0.150. The highest BCUT2D eigenvalue weighted by Gasteiger charge is 2.25. The third-order valence-corrected chi connectivity index (χ3v) is 3.85. The fraction of sp³-hybridized carbons (Fsp3) is 0.688. The first-order valence-corrected chi connectivity index (χ1v) is 7.84. The monoisotopic (exact) mass is 310 g/mol. The van der Waals surface area contributed by atoms with Gasteiger partial charge in [-0.2, -0.15) is 0 Å². The van der Waals surface area contributed by atoms with E-state index < -0.39 is 17.9 Å². The molecule has 2 atom stereocenters. The van der Waals surface area contributed by atoms with Gasteiger partial charge in [-0.15, -0.1) is 0 Å². The molecular formula is C16H26N2O4. The molecule has 0 radical (unpaired) electrons. The van der Waals surface area contributed by atoms with Crippen molar-refractivity contribution < 1.29 is 19.5 Å². The molecule has 6 nitrogen and oxygen atoms in total. The summed E-state index contributed by atoms with van der Waals surface area (Å²) in [6.07, 6.45) is 7.87. The van der Waals surface area contributed by atoms with Crippen molar-refractivity contribution in [2.45, 2.75) is 51.5 Å². The lowest BCUT2D eigenvalue weighted by Crippen LogP contribution is -2.47. The van der Waals surface area contributed by atoms with Crippen molar-refractivity contribution in [1.82, 2.24) is 10.2 Å². The molecule has 0 aromatic carbocycles. The smallest absolute Gasteiger partial charge is 0.304 e. The fourth-order valence-electron chi connectivity index (χ4n) is 2.53. The second kappa shape index (κ2) is 9.23. The summed E-state index contributed by atoms with van der Waals surface area (Å²) in [6.45, 7) is 2.28. The number of aliphatic carboxylic acids is 1. The lowest BCUT2D eigenvalue weighted by atomic mass is 9.96. The number of likely N-dealkylation sites (N-methyl/N-ethyl adjacent to an activating group) is 1. The van der Waals surface area contributed by atoms with E-state index in [4.69, 9.17) is 5.11 Å². The molecular weight excluding hydrogens is 284 g/mol. The molecule has 0 spiro atoms. The molecule has 6 heteroatoms. The summed E-state index contributed by atoms with van der Waals surface area (Å²) in [5.74, 6) is -2.08. The minimum Gasteiger partial charge on any atom is -0.481 e. The quantitative estimate of drug-likeness (QED) is 0.758. The molecule has 0 saturated heterocycles. The Morgan fingerprint density at radius 1 is 1.32 bits per heavy atom. The number of amides is 2. The number of hydrogen-bond donors (Lipinski definition) is 2. The zero-order valence-corrected chi connectivity index (χ0v) is 13.4. The van der Waals surface area contributed by atoms with Crippen molar-refractivity contribution in [2.24, 2.45) is 5.92 Å². The first kappa shape index (κ1) is 18.2. The summed E-state index contributed by atoms with van der Waals surface area (Å²) in [6, 6.07) is -0.632. The number of carboxylic acid groups (broad SMARTS) is 1. The van der Waals surface area contributed by atoms with E-state index in [0.717, 1.165) is 25.7 Å². The summed E-state index contributed by atoms with van der Waals surface area (Å²) < 4.78 is 0. The Labute approximate surface area is 131 Å². The Hall–Kier alpha value is -1.85. The van der Waals surface area contributed by atoms with Gasteiger partial charge in [-0.1, -0.05) is 12.2 Å². The second-order valence-corrected chi connectivity index (χ2v) is 5.83. The predicted molar refractivity (Wildman–Crippen MR) is 83.2 cm³/mol. The molecule has 0 bridgehead atoms. The molecule has 0 aliphatic carbocycles. The Balaban J connectivity index is 2.79. The van der Waals surface area contributed by atoms with E-state index in [9.17, 15) is 14.4 Å². The van der Waals surface area contributed by atoms with Crippen LogP contribution in [0.4, 0.5) is 0 Å². The van der Waals surface area contributed by atoms with Crippen molar-refractivity contribution in [3.05, 3.63) is 12.2 Å². The highest BCUT2D eigenvalue weighted by molar-refractivity contribution is 5.89. The van der Waals surface area contributed by atoms with Crippen LogP contribution in [0.25, 0.3) is 0 Å². The van der Waals surface area contributed by atoms with Crippen LogP contribution in [0.2, 0.25) is 0 Å². The van der Waals surface area contributed by atoms with Gasteiger partial charge >= 0.3 is 5.97 Å². The molecule has 0 unspecified atom stereocenters. The van der Waals surface area contributed by atoms with Crippen molar-refractivity contribution in [3.63, 3.8) is 0 Å². The molecule has 0 fully saturated rings. The van der Waals surface area contributed by atoms with Gasteiger partial charge < -0.3 is 15.3 Å². The van der Waals surface area contributed by atoms with Crippen LogP contribution in [-0.4, -0.2) is 47.4 Å². The lowest BCUT2D eigenvalue weighted by molar-refractivity contribution is -0.142. The molecule has 0 aromatic rings. The van der Waals surface area contributed by atoms with Gasteiger partial charge in [0, 0.05) is 19.5 Å². The van der Waals surface area contributed by atoms with Crippen LogP contribution in [0.1, 0.15) is 45.4 Å². The van der Waals surface area contributed by atoms with E-state index in [1.54, 1.807) is 18.9 Å². The third kappa shape index (κ3) is 6.28. The maximum Gasteiger partial charge on any atom is 0.304 e. The summed E-state index contributed by atoms with van der Waals surface area (Å²) in [5.41, 5.74) is 0. The van der Waals surface area contributed by atoms with Gasteiger partial charge in [0.15, 0.2) is 0 Å². The summed E-state index contributed by atoms with van der Waals surface area (Å²) in [5, 5.41) is 11.6. The van der Waals surface area contributed by atoms with Gasteiger partial charge in [0.1, 0.15) is 6.04 Å². The second-order valence-electron chi connectivity index (χ2n) is 5.83. The number of carboxylic acids is 1. The number of hydrogen-bond acceptors (Lipinski definition) is 3. The van der Waals surface area contributed by atoms with Crippen molar-refractivity contribution >= 4 is 17.8 Å². The van der Waals surface area contributed by atoms with E-state index in [1.807, 2.05) is 0 Å². The maximum atomic E-state index is 12.2. The number of carbonyl (C=O) groups excluding carboxylic acids is 2. The van der Waals surface area contributed by atoms with Crippen LogP contribution in [0.5, 0.6) is 0 Å². The van der Waals surface area contributed by atoms with Crippen LogP contribution in [-0.2, 0) is 14.4 Å². The SMILES string of the molecule is C[C@@H]1NC(=O)[C@@H](CC(=O)O)CCCC=CCCCN(C)C1=O. The molecule has 1 aliphatic rings. The van der Waals surface area contributed by atoms with Gasteiger partial charge in [-0.25, -0.2) is 0 Å². The molecule has 1 aliphatic heterocycles. The van der Waals surface area contributed by atoms with E-state index >= 15 is 0 Å². The normalized spacial score (nSPS) is 25.5. The Morgan fingerprint density at radius 2 is 1.95 bits per heavy atom. The minimum atomic E-state index is -0.993. The van der Waals surface area contributed by atoms with E-state index in [1.165, 1.54) is 0 Å². The zero-order chi connectivity index (χ0) is 16.5. The summed E-state index contributed by atoms with van der Waals surface area (Å²) in [4.78, 5) is 36.9. The Bertz CT molecular complexity index is 434. The zero-order valence-electron chi connectivity index (χ0n) is 13.4. The van der Waals surface area contributed by atoms with Crippen molar-refractivity contribution in [1.29, 1.82) is 0 Å². The van der Waals surface area contributed by atoms with Crippen molar-refractivity contribution in [2.75, 3.05) is 13.6 Å². The van der Waals surface area contributed by atoms with Crippen LogP contribution in [0, 0.1) is 5.92 Å². The number of nitrogens with zero attached hydrogens (tertiary/aromatic N) is 1. The summed E-state index contributed by atoms with van der Waals surface area (Å²) >= 11 is 0. The van der Waals surface area contributed by atoms with Crippen LogP contribution >= 0.6 is 0 Å². The number of rotatable bonds is 2. The Morgan fingerprint density at radius 3 is 2.59 bits per heavy atom. The highest BCUT2D eigenvalue weighted by Crippen LogP contribution is 2.15. The van der Waals surface area contributed by atoms with Gasteiger partial charge in [-0.3, -0.25) is 14.4 Å². The van der Waals surface area contributed by atoms with Crippen molar-refractivity contribution in [3.8, 4) is 0 Å². The number of allylic oxidation sites excluding steroid dienone is 2. The Kier molecular flexibility index (Phi) is 7.63. The highest BCUT2D eigenvalue weighted by atomic mass is 16.4. The van der Waals surface area contributed by atoms with E-state index in [2.05, 4.69) is 17.5 Å². The molecule has 2 N–H and O–H groups in total. The largest absolute Gasteiger partial charge is 0.481 e. The first-order chi connectivity index (χ1) is 10.4. The van der Waals surface area contributed by atoms with Crippen LogP contribution in [0.15, 0.2) is 12.2 Å². The number of carbonyl (C=O) groups is 3. The topological polar surface area (TPSA) is 86.7 Å². The van der Waals surface area contributed by atoms with E-state index in [-0.39, 0.29) is 18.2 Å². The first-order valence-electron chi connectivity index (χ1n) is 7.84. The van der Waals surface area contributed by atoms with Gasteiger partial charge in [-0.05, 0) is 39.0 Å². The van der Waals surface area contributed by atoms with Gasteiger partial charge in [0.05, 0.1) is 6.42 Å². The third-order valence-electron chi connectivity index (χ3n) is 3.85. The van der Waals surface area contributed by atoms with Gasteiger partial charge in [0.25, 0.3) is 0 Å². The van der Waals surface area contributed by atoms with Crippen LogP contribution < -0.4 is 5.32 Å². The molecule has 22 heavy (non-hydrogen) atoms. The molecule has 2 amide bonds. The molecule has 1 rings (SSSR count). The average molecular weight is 310 g/mol. The van der Waals surface area contributed by atoms with Gasteiger partial charge in [0.2, 0.25) is 11.8 Å². The number of nitrogens with one attached hydrogen (secondary N) is 1. The lowest BCUT2D eigenvalue weighted by Gasteiger charge is -2.24. The molecule has 0 saturated carbocycles. The molecule has 124 valence electrons. The predicted octanol–water partition coefficient (Wildman–Crippen LogP) is 1.56.